The van der Waals surface area contributed by atoms with E-state index in [9.17, 15) is 13.5 Å². The van der Waals surface area contributed by atoms with Crippen molar-refractivity contribution in [3.05, 3.63) is 0 Å². The summed E-state index contributed by atoms with van der Waals surface area (Å²) >= 11 is 0. The van der Waals surface area contributed by atoms with Crippen LogP contribution in [0.15, 0.2) is 0 Å². The molecule has 3 unspecified atom stereocenters. The molecular weight excluding hydrogens is 260 g/mol. The molecular formula is C15H30O3S. The average molecular weight is 290 g/mol. The van der Waals surface area contributed by atoms with Gasteiger partial charge in [0.05, 0.1) is 11.9 Å². The molecule has 1 N–H and O–H groups in total. The quantitative estimate of drug-likeness (QED) is 0.846. The summed E-state index contributed by atoms with van der Waals surface area (Å²) in [6, 6.07) is 0. The van der Waals surface area contributed by atoms with Crippen LogP contribution in [0.25, 0.3) is 0 Å². The molecule has 1 fully saturated rings. The van der Waals surface area contributed by atoms with Crippen molar-refractivity contribution in [2.24, 2.45) is 17.3 Å². The second-order valence-corrected chi connectivity index (χ2v) is 9.55. The molecule has 0 aromatic carbocycles. The zero-order valence-corrected chi connectivity index (χ0v) is 13.7. The first-order valence-corrected chi connectivity index (χ1v) is 9.36. The maximum absolute atomic E-state index is 11.5. The fourth-order valence-electron chi connectivity index (χ4n) is 3.05. The van der Waals surface area contributed by atoms with Crippen molar-refractivity contribution in [3.8, 4) is 0 Å². The highest BCUT2D eigenvalue weighted by Gasteiger charge is 2.34. The van der Waals surface area contributed by atoms with Crippen LogP contribution < -0.4 is 0 Å². The Morgan fingerprint density at radius 1 is 1.21 bits per heavy atom. The normalized spacial score (nSPS) is 29.4. The van der Waals surface area contributed by atoms with Crippen LogP contribution in [-0.2, 0) is 9.84 Å². The monoisotopic (exact) mass is 290 g/mol. The van der Waals surface area contributed by atoms with Gasteiger partial charge in [0, 0.05) is 5.75 Å². The summed E-state index contributed by atoms with van der Waals surface area (Å²) in [7, 11) is -2.86. The van der Waals surface area contributed by atoms with Gasteiger partial charge in [0.2, 0.25) is 0 Å². The zero-order chi connectivity index (χ0) is 14.7. The molecule has 1 aliphatic rings. The first-order chi connectivity index (χ1) is 8.65. The van der Waals surface area contributed by atoms with Gasteiger partial charge in [0.1, 0.15) is 9.84 Å². The van der Waals surface area contributed by atoms with E-state index >= 15 is 0 Å². The Balaban J connectivity index is 2.47. The van der Waals surface area contributed by atoms with Crippen molar-refractivity contribution < 1.29 is 13.5 Å². The fraction of sp³-hybridized carbons (Fsp3) is 1.00. The van der Waals surface area contributed by atoms with Crippen LogP contribution >= 0.6 is 0 Å². The predicted octanol–water partition coefficient (Wildman–Crippen LogP) is 3.02. The molecule has 1 saturated carbocycles. The summed E-state index contributed by atoms with van der Waals surface area (Å²) < 4.78 is 23.0. The third-order valence-corrected chi connectivity index (χ3v) is 6.43. The van der Waals surface area contributed by atoms with E-state index in [4.69, 9.17) is 0 Å². The molecule has 0 aromatic rings. The van der Waals surface area contributed by atoms with Crippen molar-refractivity contribution >= 4 is 9.84 Å². The molecule has 0 amide bonds. The van der Waals surface area contributed by atoms with E-state index in [0.29, 0.717) is 12.3 Å². The van der Waals surface area contributed by atoms with Crippen LogP contribution in [0.5, 0.6) is 0 Å². The van der Waals surface area contributed by atoms with Gasteiger partial charge >= 0.3 is 0 Å². The van der Waals surface area contributed by atoms with Gasteiger partial charge in [-0.2, -0.15) is 0 Å². The van der Waals surface area contributed by atoms with E-state index in [1.165, 1.54) is 0 Å². The first-order valence-electron chi connectivity index (χ1n) is 7.54. The molecule has 1 aliphatic carbocycles. The minimum absolute atomic E-state index is 0.227. The number of aliphatic hydroxyl groups is 1. The Bertz CT molecular complexity index is 367. The van der Waals surface area contributed by atoms with Crippen molar-refractivity contribution in [3.63, 3.8) is 0 Å². The maximum Gasteiger partial charge on any atom is 0.150 e. The third-order valence-electron chi connectivity index (χ3n) is 4.64. The summed E-state index contributed by atoms with van der Waals surface area (Å²) in [6.07, 6.45) is 4.29. The van der Waals surface area contributed by atoms with Gasteiger partial charge in [-0.1, -0.05) is 27.7 Å². The molecule has 19 heavy (non-hydrogen) atoms. The molecule has 114 valence electrons. The maximum atomic E-state index is 11.5. The predicted molar refractivity (Wildman–Crippen MR) is 79.9 cm³/mol. The Morgan fingerprint density at radius 2 is 1.84 bits per heavy atom. The Kier molecular flexibility index (Phi) is 5.87. The number of hydrogen-bond acceptors (Lipinski definition) is 3. The lowest BCUT2D eigenvalue weighted by Crippen LogP contribution is -2.34. The zero-order valence-electron chi connectivity index (χ0n) is 12.9. The van der Waals surface area contributed by atoms with E-state index in [-0.39, 0.29) is 28.9 Å². The highest BCUT2D eigenvalue weighted by atomic mass is 32.2. The minimum atomic E-state index is -2.86. The minimum Gasteiger partial charge on any atom is -0.393 e. The topological polar surface area (TPSA) is 54.4 Å². The van der Waals surface area contributed by atoms with Crippen LogP contribution in [0.2, 0.25) is 0 Å². The molecule has 4 heteroatoms. The van der Waals surface area contributed by atoms with Gasteiger partial charge in [0.25, 0.3) is 0 Å². The SMILES string of the molecule is CCS(=O)(=O)CCCC1CC(C(C)(C)C)CCC1O. The molecule has 0 aliphatic heterocycles. The number of sulfone groups is 1. The lowest BCUT2D eigenvalue weighted by Gasteiger charge is -2.40. The van der Waals surface area contributed by atoms with Gasteiger partial charge in [-0.3, -0.25) is 0 Å². The van der Waals surface area contributed by atoms with Crippen LogP contribution in [-0.4, -0.2) is 31.1 Å². The van der Waals surface area contributed by atoms with E-state index in [2.05, 4.69) is 20.8 Å². The molecule has 0 aromatic heterocycles. The molecule has 0 spiro atoms. The lowest BCUT2D eigenvalue weighted by atomic mass is 9.67. The Labute approximate surface area is 118 Å². The number of hydrogen-bond donors (Lipinski definition) is 1. The van der Waals surface area contributed by atoms with Gasteiger partial charge in [-0.05, 0) is 49.4 Å². The summed E-state index contributed by atoms with van der Waals surface area (Å²) in [4.78, 5) is 0. The second-order valence-electron chi connectivity index (χ2n) is 7.08. The van der Waals surface area contributed by atoms with Gasteiger partial charge < -0.3 is 5.11 Å². The molecule has 3 nitrogen and oxygen atoms in total. The van der Waals surface area contributed by atoms with Gasteiger partial charge in [-0.25, -0.2) is 8.42 Å². The number of aliphatic hydroxyl groups excluding tert-OH is 1. The van der Waals surface area contributed by atoms with Crippen molar-refractivity contribution in [2.45, 2.75) is 65.9 Å². The smallest absolute Gasteiger partial charge is 0.150 e. The van der Waals surface area contributed by atoms with Crippen molar-refractivity contribution in [2.75, 3.05) is 11.5 Å². The van der Waals surface area contributed by atoms with Crippen LogP contribution in [0, 0.1) is 17.3 Å². The van der Waals surface area contributed by atoms with Crippen molar-refractivity contribution in [1.29, 1.82) is 0 Å². The molecule has 0 radical (unpaired) electrons. The molecule has 3 atom stereocenters. The highest BCUT2D eigenvalue weighted by Crippen LogP contribution is 2.41. The number of rotatable bonds is 5. The first kappa shape index (κ1) is 17.0. The van der Waals surface area contributed by atoms with E-state index in [1.54, 1.807) is 6.92 Å². The third kappa shape index (κ3) is 5.42. The molecule has 0 heterocycles. The summed E-state index contributed by atoms with van der Waals surface area (Å²) in [5.41, 5.74) is 0.286. The van der Waals surface area contributed by atoms with E-state index < -0.39 is 9.84 Å². The highest BCUT2D eigenvalue weighted by molar-refractivity contribution is 7.91. The summed E-state index contributed by atoms with van der Waals surface area (Å²) in [5, 5.41) is 10.1. The second kappa shape index (κ2) is 6.57. The summed E-state index contributed by atoms with van der Waals surface area (Å²) in [5.74, 6) is 1.42. The van der Waals surface area contributed by atoms with Crippen LogP contribution in [0.4, 0.5) is 0 Å². The Hall–Kier alpha value is -0.0900. The Morgan fingerprint density at radius 3 is 2.37 bits per heavy atom. The average Bonchev–Trinajstić information content (AvgIpc) is 2.30. The standard InChI is InChI=1S/C15H30O3S/c1-5-19(17,18)10-6-7-12-11-13(15(2,3)4)8-9-14(12)16/h12-14,16H,5-11H2,1-4H3. The fourth-order valence-corrected chi connectivity index (χ4v) is 3.95. The largest absolute Gasteiger partial charge is 0.393 e. The molecule has 0 saturated heterocycles. The summed E-state index contributed by atoms with van der Waals surface area (Å²) in [6.45, 7) is 8.47. The van der Waals surface area contributed by atoms with Crippen LogP contribution in [0.3, 0.4) is 0 Å². The van der Waals surface area contributed by atoms with Gasteiger partial charge in [-0.15, -0.1) is 0 Å². The molecule has 0 bridgehead atoms. The van der Waals surface area contributed by atoms with Gasteiger partial charge in [0.15, 0.2) is 0 Å². The van der Waals surface area contributed by atoms with Crippen LogP contribution in [0.1, 0.15) is 59.8 Å². The van der Waals surface area contributed by atoms with E-state index in [1.807, 2.05) is 0 Å². The van der Waals surface area contributed by atoms with Crippen molar-refractivity contribution in [1.82, 2.24) is 0 Å². The molecule has 1 rings (SSSR count). The lowest BCUT2D eigenvalue weighted by molar-refractivity contribution is 0.0156. The van der Waals surface area contributed by atoms with E-state index in [0.717, 1.165) is 25.7 Å².